The van der Waals surface area contributed by atoms with Gasteiger partial charge in [-0.05, 0) is 37.0 Å². The van der Waals surface area contributed by atoms with Gasteiger partial charge >= 0.3 is 0 Å². The molecule has 2 aromatic rings. The number of carbonyl (C=O) groups excluding carboxylic acids is 1. The summed E-state index contributed by atoms with van der Waals surface area (Å²) in [6.07, 6.45) is 3.80. The second-order valence-corrected chi connectivity index (χ2v) is 9.86. The summed E-state index contributed by atoms with van der Waals surface area (Å²) in [5.74, 6) is 0.0867. The summed E-state index contributed by atoms with van der Waals surface area (Å²) in [4.78, 5) is 22.5. The van der Waals surface area contributed by atoms with Crippen LogP contribution in [0.15, 0.2) is 71.1 Å². The third-order valence-corrected chi connectivity index (χ3v) is 7.87. The van der Waals surface area contributed by atoms with E-state index >= 15 is 0 Å². The third-order valence-electron chi connectivity index (χ3n) is 6.03. The Morgan fingerprint density at radius 3 is 2.57 bits per heavy atom. The van der Waals surface area contributed by atoms with Gasteiger partial charge in [0.15, 0.2) is 5.78 Å². The largest absolute Gasteiger partial charge is 0.295 e. The highest BCUT2D eigenvalue weighted by Gasteiger charge is 2.45. The summed E-state index contributed by atoms with van der Waals surface area (Å²) in [7, 11) is -3.90. The summed E-state index contributed by atoms with van der Waals surface area (Å²) in [5, 5.41) is 11.1. The van der Waals surface area contributed by atoms with E-state index in [1.54, 1.807) is 6.08 Å². The minimum atomic E-state index is -3.90. The smallest absolute Gasteiger partial charge is 0.270 e. The molecular weight excluding hydrogens is 404 g/mol. The molecular formula is C22H22N2O5S. The van der Waals surface area contributed by atoms with Gasteiger partial charge < -0.3 is 0 Å². The molecule has 1 aliphatic heterocycles. The summed E-state index contributed by atoms with van der Waals surface area (Å²) >= 11 is 0. The lowest BCUT2D eigenvalue weighted by atomic mass is 9.66. The topological polar surface area (TPSA) is 97.6 Å². The van der Waals surface area contributed by atoms with E-state index in [0.29, 0.717) is 25.7 Å². The molecule has 0 radical (unpaired) electrons. The number of benzene rings is 2. The van der Waals surface area contributed by atoms with E-state index in [1.165, 1.54) is 22.5 Å². The lowest BCUT2D eigenvalue weighted by Gasteiger charge is -2.46. The predicted octanol–water partition coefficient (Wildman–Crippen LogP) is 3.51. The second-order valence-electron chi connectivity index (χ2n) is 7.92. The summed E-state index contributed by atoms with van der Waals surface area (Å²) in [6.45, 7) is 0.507. The minimum absolute atomic E-state index is 0.0779. The van der Waals surface area contributed by atoms with Gasteiger partial charge in [0.25, 0.3) is 5.69 Å². The molecule has 0 spiro atoms. The first-order chi connectivity index (χ1) is 14.3. The Hall–Kier alpha value is -2.84. The van der Waals surface area contributed by atoms with E-state index in [2.05, 4.69) is 0 Å². The fraction of sp³-hybridized carbons (Fsp3) is 0.318. The number of piperidine rings is 1. The van der Waals surface area contributed by atoms with Crippen LogP contribution in [0, 0.1) is 15.5 Å². The fourth-order valence-electron chi connectivity index (χ4n) is 4.48. The number of hydrogen-bond donors (Lipinski definition) is 0. The molecule has 0 N–H and O–H groups in total. The van der Waals surface area contributed by atoms with E-state index in [-0.39, 0.29) is 29.5 Å². The molecule has 1 aliphatic carbocycles. The van der Waals surface area contributed by atoms with Gasteiger partial charge in [0.1, 0.15) is 0 Å². The Morgan fingerprint density at radius 1 is 1.07 bits per heavy atom. The highest BCUT2D eigenvalue weighted by molar-refractivity contribution is 7.89. The van der Waals surface area contributed by atoms with Crippen LogP contribution in [0.25, 0.3) is 0 Å². The average molecular weight is 426 g/mol. The van der Waals surface area contributed by atoms with Crippen molar-refractivity contribution in [2.45, 2.75) is 30.6 Å². The first kappa shape index (κ1) is 20.4. The first-order valence-electron chi connectivity index (χ1n) is 9.83. The number of nitrogens with zero attached hydrogens (tertiary/aromatic N) is 2. The molecule has 1 heterocycles. The van der Waals surface area contributed by atoms with Crippen LogP contribution < -0.4 is 0 Å². The zero-order valence-electron chi connectivity index (χ0n) is 16.4. The van der Waals surface area contributed by atoms with Crippen LogP contribution in [0.2, 0.25) is 0 Å². The van der Waals surface area contributed by atoms with Crippen molar-refractivity contribution in [3.05, 3.63) is 81.9 Å². The summed E-state index contributed by atoms with van der Waals surface area (Å²) < 4.78 is 28.0. The number of non-ortho nitro benzene ring substituents is 1. The Kier molecular flexibility index (Phi) is 5.29. The van der Waals surface area contributed by atoms with Gasteiger partial charge in [0.2, 0.25) is 10.0 Å². The maximum Gasteiger partial charge on any atom is 0.270 e. The van der Waals surface area contributed by atoms with Crippen molar-refractivity contribution in [3.8, 4) is 0 Å². The van der Waals surface area contributed by atoms with Crippen molar-refractivity contribution < 1.29 is 18.1 Å². The Balaban J connectivity index is 1.70. The fourth-order valence-corrected chi connectivity index (χ4v) is 6.05. The van der Waals surface area contributed by atoms with Gasteiger partial charge in [-0.1, -0.05) is 42.0 Å². The molecule has 1 atom stereocenters. The zero-order chi connectivity index (χ0) is 21.4. The van der Waals surface area contributed by atoms with Gasteiger partial charge in [-0.15, -0.1) is 0 Å². The van der Waals surface area contributed by atoms with Gasteiger partial charge in [-0.2, -0.15) is 4.31 Å². The van der Waals surface area contributed by atoms with E-state index in [9.17, 15) is 23.3 Å². The Bertz CT molecular complexity index is 1130. The number of allylic oxidation sites excluding steroid dienone is 1. The number of rotatable bonds is 5. The third kappa shape index (κ3) is 3.80. The van der Waals surface area contributed by atoms with Crippen molar-refractivity contribution in [2.24, 2.45) is 5.41 Å². The van der Waals surface area contributed by atoms with Crippen LogP contribution in [0.4, 0.5) is 5.69 Å². The Labute approximate surface area is 175 Å². The maximum atomic E-state index is 13.3. The number of hydrogen-bond acceptors (Lipinski definition) is 5. The quantitative estimate of drug-likeness (QED) is 0.538. The SMILES string of the molecule is O=C1C=C2CCN(S(=O)(=O)c3cccc([N+](=O)[O-])c3)CC2(Cc2ccccc2)CC1. The van der Waals surface area contributed by atoms with Crippen LogP contribution in [0.3, 0.4) is 0 Å². The highest BCUT2D eigenvalue weighted by atomic mass is 32.2. The van der Waals surface area contributed by atoms with E-state index in [0.717, 1.165) is 17.2 Å². The van der Waals surface area contributed by atoms with E-state index in [1.807, 2.05) is 30.3 Å². The van der Waals surface area contributed by atoms with Crippen molar-refractivity contribution >= 4 is 21.5 Å². The van der Waals surface area contributed by atoms with Crippen molar-refractivity contribution in [2.75, 3.05) is 13.1 Å². The van der Waals surface area contributed by atoms with Gasteiger partial charge in [-0.3, -0.25) is 14.9 Å². The molecule has 1 unspecified atom stereocenters. The van der Waals surface area contributed by atoms with Crippen molar-refractivity contribution in [3.63, 3.8) is 0 Å². The lowest BCUT2D eigenvalue weighted by Crippen LogP contribution is -2.49. The molecule has 0 aromatic heterocycles. The highest BCUT2D eigenvalue weighted by Crippen LogP contribution is 2.46. The monoisotopic (exact) mass is 426 g/mol. The molecule has 1 saturated heterocycles. The zero-order valence-corrected chi connectivity index (χ0v) is 17.2. The molecule has 4 rings (SSSR count). The summed E-state index contributed by atoms with van der Waals surface area (Å²) in [6, 6.07) is 15.0. The number of ketones is 1. The van der Waals surface area contributed by atoms with Crippen LogP contribution in [-0.2, 0) is 21.2 Å². The number of fused-ring (bicyclic) bond motifs is 1. The molecule has 7 nitrogen and oxygen atoms in total. The van der Waals surface area contributed by atoms with Crippen LogP contribution in [0.1, 0.15) is 24.8 Å². The standard InChI is InChI=1S/C22H22N2O5S/c25-20-9-11-22(15-17-5-2-1-3-6-17)16-23(12-10-18(22)13-20)30(28,29)21-8-4-7-19(14-21)24(26)27/h1-8,13-14H,9-12,15-16H2. The van der Waals surface area contributed by atoms with Crippen LogP contribution in [-0.4, -0.2) is 36.5 Å². The van der Waals surface area contributed by atoms with Crippen molar-refractivity contribution in [1.29, 1.82) is 0 Å². The molecule has 0 amide bonds. The molecule has 1 fully saturated rings. The number of nitro groups is 1. The summed E-state index contributed by atoms with van der Waals surface area (Å²) in [5.41, 5.74) is 1.40. The molecule has 30 heavy (non-hydrogen) atoms. The number of nitro benzene ring substituents is 1. The van der Waals surface area contributed by atoms with Gasteiger partial charge in [0, 0.05) is 37.1 Å². The molecule has 2 aliphatic rings. The maximum absolute atomic E-state index is 13.3. The average Bonchev–Trinajstić information content (AvgIpc) is 2.74. The molecule has 8 heteroatoms. The Morgan fingerprint density at radius 2 is 1.83 bits per heavy atom. The minimum Gasteiger partial charge on any atom is -0.295 e. The molecule has 0 bridgehead atoms. The van der Waals surface area contributed by atoms with E-state index < -0.39 is 20.4 Å². The van der Waals surface area contributed by atoms with E-state index in [4.69, 9.17) is 0 Å². The van der Waals surface area contributed by atoms with Crippen LogP contribution >= 0.6 is 0 Å². The molecule has 156 valence electrons. The van der Waals surface area contributed by atoms with Crippen LogP contribution in [0.5, 0.6) is 0 Å². The second kappa shape index (κ2) is 7.77. The normalized spacial score (nSPS) is 22.3. The molecule has 0 saturated carbocycles. The number of carbonyl (C=O) groups is 1. The predicted molar refractivity (Wildman–Crippen MR) is 111 cm³/mol. The molecule has 2 aromatic carbocycles. The lowest BCUT2D eigenvalue weighted by molar-refractivity contribution is -0.385. The van der Waals surface area contributed by atoms with Crippen molar-refractivity contribution in [1.82, 2.24) is 4.31 Å². The van der Waals surface area contributed by atoms with Gasteiger partial charge in [0.05, 0.1) is 9.82 Å². The van der Waals surface area contributed by atoms with Gasteiger partial charge in [-0.25, -0.2) is 8.42 Å². The first-order valence-corrected chi connectivity index (χ1v) is 11.3. The number of sulfonamides is 1.